The number of likely N-dealkylation sites (tertiary alicyclic amines) is 1. The SMILES string of the molecule is Cn1ccnc1CN1CCCC(C(=O)Nc2cccc(-n3cnnn3)c2)C1. The summed E-state index contributed by atoms with van der Waals surface area (Å²) in [6.45, 7) is 2.50. The number of nitrogens with zero attached hydrogens (tertiary/aromatic N) is 7. The van der Waals surface area contributed by atoms with E-state index in [1.807, 2.05) is 42.1 Å². The molecule has 1 N–H and O–H groups in total. The van der Waals surface area contributed by atoms with Crippen molar-refractivity contribution in [2.45, 2.75) is 19.4 Å². The maximum absolute atomic E-state index is 12.8. The molecule has 27 heavy (non-hydrogen) atoms. The number of rotatable bonds is 5. The maximum Gasteiger partial charge on any atom is 0.228 e. The van der Waals surface area contributed by atoms with Gasteiger partial charge < -0.3 is 9.88 Å². The number of hydrogen-bond acceptors (Lipinski definition) is 6. The lowest BCUT2D eigenvalue weighted by molar-refractivity contribution is -0.121. The zero-order chi connectivity index (χ0) is 18.6. The van der Waals surface area contributed by atoms with Gasteiger partial charge in [0, 0.05) is 31.7 Å². The quantitative estimate of drug-likeness (QED) is 0.730. The monoisotopic (exact) mass is 366 g/mol. The molecule has 9 nitrogen and oxygen atoms in total. The van der Waals surface area contributed by atoms with Crippen molar-refractivity contribution < 1.29 is 4.79 Å². The topological polar surface area (TPSA) is 93.8 Å². The van der Waals surface area contributed by atoms with Crippen molar-refractivity contribution in [3.8, 4) is 5.69 Å². The Morgan fingerprint density at radius 3 is 3.07 bits per heavy atom. The molecule has 2 aromatic heterocycles. The first-order valence-electron chi connectivity index (χ1n) is 9.02. The van der Waals surface area contributed by atoms with Gasteiger partial charge in [-0.2, -0.15) is 0 Å². The number of amides is 1. The van der Waals surface area contributed by atoms with Gasteiger partial charge in [0.2, 0.25) is 5.91 Å². The van der Waals surface area contributed by atoms with Crippen molar-refractivity contribution in [1.82, 2.24) is 34.7 Å². The van der Waals surface area contributed by atoms with Gasteiger partial charge in [0.25, 0.3) is 0 Å². The van der Waals surface area contributed by atoms with Crippen LogP contribution in [0.15, 0.2) is 43.0 Å². The molecule has 140 valence electrons. The van der Waals surface area contributed by atoms with Gasteiger partial charge in [-0.15, -0.1) is 5.10 Å². The molecule has 1 unspecified atom stereocenters. The number of hydrogen-bond donors (Lipinski definition) is 1. The van der Waals surface area contributed by atoms with Gasteiger partial charge in [-0.1, -0.05) is 6.07 Å². The molecular weight excluding hydrogens is 344 g/mol. The Morgan fingerprint density at radius 2 is 2.30 bits per heavy atom. The summed E-state index contributed by atoms with van der Waals surface area (Å²) in [4.78, 5) is 19.5. The zero-order valence-corrected chi connectivity index (χ0v) is 15.2. The van der Waals surface area contributed by atoms with Crippen molar-refractivity contribution in [3.63, 3.8) is 0 Å². The van der Waals surface area contributed by atoms with Crippen LogP contribution in [0, 0.1) is 5.92 Å². The van der Waals surface area contributed by atoms with Crippen LogP contribution in [-0.4, -0.2) is 53.7 Å². The van der Waals surface area contributed by atoms with Crippen LogP contribution >= 0.6 is 0 Å². The highest BCUT2D eigenvalue weighted by Gasteiger charge is 2.26. The van der Waals surface area contributed by atoms with Crippen molar-refractivity contribution in [1.29, 1.82) is 0 Å². The van der Waals surface area contributed by atoms with E-state index in [1.165, 1.54) is 6.33 Å². The summed E-state index contributed by atoms with van der Waals surface area (Å²) in [5, 5.41) is 14.2. The number of aromatic nitrogens is 6. The summed E-state index contributed by atoms with van der Waals surface area (Å²) < 4.78 is 3.58. The molecule has 0 radical (unpaired) electrons. The molecule has 0 saturated carbocycles. The molecule has 3 aromatic rings. The number of imidazole rings is 1. The summed E-state index contributed by atoms with van der Waals surface area (Å²) in [7, 11) is 1.99. The van der Waals surface area contributed by atoms with Crippen LogP contribution in [0.5, 0.6) is 0 Å². The lowest BCUT2D eigenvalue weighted by Gasteiger charge is -2.31. The number of carbonyl (C=O) groups excluding carboxylic acids is 1. The smallest absolute Gasteiger partial charge is 0.228 e. The fourth-order valence-corrected chi connectivity index (χ4v) is 3.41. The van der Waals surface area contributed by atoms with E-state index in [-0.39, 0.29) is 11.8 Å². The number of piperidine rings is 1. The summed E-state index contributed by atoms with van der Waals surface area (Å²) in [6.07, 6.45) is 7.18. The molecular formula is C18H22N8O. The van der Waals surface area contributed by atoms with E-state index in [0.717, 1.165) is 49.7 Å². The highest BCUT2D eigenvalue weighted by molar-refractivity contribution is 5.93. The number of carbonyl (C=O) groups is 1. The van der Waals surface area contributed by atoms with E-state index in [4.69, 9.17) is 0 Å². The Hall–Kier alpha value is -3.07. The average Bonchev–Trinajstić information content (AvgIpc) is 3.35. The molecule has 1 aromatic carbocycles. The lowest BCUT2D eigenvalue weighted by Crippen LogP contribution is -2.40. The van der Waals surface area contributed by atoms with Gasteiger partial charge in [-0.3, -0.25) is 9.69 Å². The van der Waals surface area contributed by atoms with E-state index >= 15 is 0 Å². The highest BCUT2D eigenvalue weighted by Crippen LogP contribution is 2.21. The van der Waals surface area contributed by atoms with Gasteiger partial charge in [-0.05, 0) is 48.0 Å². The van der Waals surface area contributed by atoms with Gasteiger partial charge in [0.1, 0.15) is 12.2 Å². The molecule has 3 heterocycles. The van der Waals surface area contributed by atoms with Crippen LogP contribution < -0.4 is 5.32 Å². The molecule has 4 rings (SSSR count). The summed E-state index contributed by atoms with van der Waals surface area (Å²) in [5.41, 5.74) is 1.55. The molecule has 0 spiro atoms. The van der Waals surface area contributed by atoms with Crippen molar-refractivity contribution in [2.75, 3.05) is 18.4 Å². The summed E-state index contributed by atoms with van der Waals surface area (Å²) in [5.74, 6) is 1.04. The second kappa shape index (κ2) is 7.67. The Kier molecular flexibility index (Phi) is 4.93. The molecule has 0 bridgehead atoms. The standard InChI is InChI=1S/C18H22N8O/c1-24-9-7-19-17(24)12-25-8-3-4-14(11-25)18(27)21-15-5-2-6-16(10-15)26-13-20-22-23-26/h2,5-7,9-10,13-14H,3-4,8,11-12H2,1H3,(H,21,27). The fraction of sp³-hybridized carbons (Fsp3) is 0.389. The minimum atomic E-state index is -0.0317. The van der Waals surface area contributed by atoms with Gasteiger partial charge >= 0.3 is 0 Å². The third kappa shape index (κ3) is 4.03. The second-order valence-corrected chi connectivity index (χ2v) is 6.82. The van der Waals surface area contributed by atoms with Crippen molar-refractivity contribution in [3.05, 3.63) is 48.8 Å². The Labute approximate surface area is 157 Å². The van der Waals surface area contributed by atoms with Crippen LogP contribution in [0.4, 0.5) is 5.69 Å². The van der Waals surface area contributed by atoms with E-state index < -0.39 is 0 Å². The van der Waals surface area contributed by atoms with Crippen LogP contribution in [-0.2, 0) is 18.4 Å². The predicted molar refractivity (Wildman–Crippen MR) is 99.0 cm³/mol. The molecule has 1 aliphatic rings. The first-order chi connectivity index (χ1) is 13.2. The lowest BCUT2D eigenvalue weighted by atomic mass is 9.97. The number of aryl methyl sites for hydroxylation is 1. The van der Waals surface area contributed by atoms with Crippen molar-refractivity contribution in [2.24, 2.45) is 13.0 Å². The van der Waals surface area contributed by atoms with Crippen LogP contribution in [0.2, 0.25) is 0 Å². The number of nitrogens with one attached hydrogen (secondary N) is 1. The minimum absolute atomic E-state index is 0.0317. The number of tetrazole rings is 1. The third-order valence-electron chi connectivity index (χ3n) is 4.89. The summed E-state index contributed by atoms with van der Waals surface area (Å²) in [6, 6.07) is 7.51. The average molecular weight is 366 g/mol. The maximum atomic E-state index is 12.8. The predicted octanol–water partition coefficient (Wildman–Crippen LogP) is 1.25. The number of benzene rings is 1. The van der Waals surface area contributed by atoms with Crippen LogP contribution in [0.1, 0.15) is 18.7 Å². The largest absolute Gasteiger partial charge is 0.337 e. The Morgan fingerprint density at radius 1 is 1.37 bits per heavy atom. The van der Waals surface area contributed by atoms with Gasteiger partial charge in [0.05, 0.1) is 18.2 Å². The molecule has 1 amide bonds. The van der Waals surface area contributed by atoms with Crippen LogP contribution in [0.3, 0.4) is 0 Å². The first kappa shape index (κ1) is 17.3. The fourth-order valence-electron chi connectivity index (χ4n) is 3.41. The minimum Gasteiger partial charge on any atom is -0.337 e. The Bertz CT molecular complexity index is 904. The van der Waals surface area contributed by atoms with E-state index in [1.54, 1.807) is 10.9 Å². The molecule has 1 atom stereocenters. The third-order valence-corrected chi connectivity index (χ3v) is 4.89. The zero-order valence-electron chi connectivity index (χ0n) is 15.2. The van der Waals surface area contributed by atoms with Crippen molar-refractivity contribution >= 4 is 11.6 Å². The second-order valence-electron chi connectivity index (χ2n) is 6.82. The van der Waals surface area contributed by atoms with E-state index in [2.05, 4.69) is 30.7 Å². The normalized spacial score (nSPS) is 17.7. The molecule has 1 aliphatic heterocycles. The summed E-state index contributed by atoms with van der Waals surface area (Å²) >= 11 is 0. The van der Waals surface area contributed by atoms with E-state index in [0.29, 0.717) is 0 Å². The molecule has 1 fully saturated rings. The molecule has 9 heteroatoms. The Balaban J connectivity index is 1.39. The van der Waals surface area contributed by atoms with Gasteiger partial charge in [-0.25, -0.2) is 9.67 Å². The molecule has 1 saturated heterocycles. The first-order valence-corrected chi connectivity index (χ1v) is 9.02. The van der Waals surface area contributed by atoms with Gasteiger partial charge in [0.15, 0.2) is 0 Å². The molecule has 0 aliphatic carbocycles. The van der Waals surface area contributed by atoms with E-state index in [9.17, 15) is 4.79 Å². The number of anilines is 1. The van der Waals surface area contributed by atoms with Crippen LogP contribution in [0.25, 0.3) is 5.69 Å². The highest BCUT2D eigenvalue weighted by atomic mass is 16.1.